The highest BCUT2D eigenvalue weighted by Crippen LogP contribution is 2.30. The first-order valence-corrected chi connectivity index (χ1v) is 8.71. The third-order valence-corrected chi connectivity index (χ3v) is 4.69. The molecule has 0 unspecified atom stereocenters. The molecule has 0 saturated carbocycles. The van der Waals surface area contributed by atoms with Gasteiger partial charge < -0.3 is 5.32 Å². The molecule has 124 valence electrons. The molecule has 0 aliphatic carbocycles. The molecule has 3 N–H and O–H groups in total. The minimum absolute atomic E-state index is 0.0404. The van der Waals surface area contributed by atoms with Gasteiger partial charge in [0.1, 0.15) is 16.5 Å². The van der Waals surface area contributed by atoms with Crippen LogP contribution in [-0.4, -0.2) is 19.9 Å². The predicted molar refractivity (Wildman–Crippen MR) is 88.5 cm³/mol. The molecule has 5 nitrogen and oxygen atoms in total. The van der Waals surface area contributed by atoms with Crippen LogP contribution in [0.2, 0.25) is 5.02 Å². The minimum atomic E-state index is -3.90. The van der Waals surface area contributed by atoms with E-state index < -0.39 is 21.3 Å². The van der Waals surface area contributed by atoms with Crippen LogP contribution in [-0.2, 0) is 15.4 Å². The van der Waals surface area contributed by atoms with E-state index in [-0.39, 0.29) is 22.3 Å². The first kappa shape index (κ1) is 17.7. The lowest BCUT2D eigenvalue weighted by Crippen LogP contribution is -2.30. The fraction of sp³-hybridized carbons (Fsp3) is 0.267. The van der Waals surface area contributed by atoms with E-state index in [1.165, 1.54) is 24.4 Å². The lowest BCUT2D eigenvalue weighted by atomic mass is 9.84. The molecule has 1 aromatic heterocycles. The Morgan fingerprint density at radius 2 is 2.00 bits per heavy atom. The van der Waals surface area contributed by atoms with Crippen LogP contribution in [0.3, 0.4) is 0 Å². The Bertz CT molecular complexity index is 825. The van der Waals surface area contributed by atoms with Gasteiger partial charge in [0, 0.05) is 18.2 Å². The predicted octanol–water partition coefficient (Wildman–Crippen LogP) is 2.91. The Morgan fingerprint density at radius 1 is 1.30 bits per heavy atom. The summed E-state index contributed by atoms with van der Waals surface area (Å²) in [5.41, 5.74) is -0.229. The Kier molecular flexibility index (Phi) is 4.93. The van der Waals surface area contributed by atoms with Crippen molar-refractivity contribution in [2.75, 3.05) is 11.9 Å². The molecule has 0 amide bonds. The van der Waals surface area contributed by atoms with Crippen LogP contribution < -0.4 is 10.5 Å². The molecule has 2 rings (SSSR count). The van der Waals surface area contributed by atoms with E-state index in [0.29, 0.717) is 5.56 Å². The van der Waals surface area contributed by atoms with E-state index >= 15 is 0 Å². The van der Waals surface area contributed by atoms with Crippen molar-refractivity contribution in [3.8, 4) is 0 Å². The molecule has 0 spiro atoms. The van der Waals surface area contributed by atoms with Crippen LogP contribution in [0.5, 0.6) is 0 Å². The van der Waals surface area contributed by atoms with Gasteiger partial charge in [-0.25, -0.2) is 22.9 Å². The van der Waals surface area contributed by atoms with Crippen LogP contribution >= 0.6 is 11.6 Å². The number of nitrogens with two attached hydrogens (primary N) is 1. The number of sulfonamides is 1. The van der Waals surface area contributed by atoms with Crippen molar-refractivity contribution >= 4 is 27.4 Å². The topological polar surface area (TPSA) is 85.1 Å². The molecule has 0 bridgehead atoms. The van der Waals surface area contributed by atoms with Crippen LogP contribution in [0.4, 0.5) is 10.2 Å². The van der Waals surface area contributed by atoms with Gasteiger partial charge in [-0.15, -0.1) is 0 Å². The van der Waals surface area contributed by atoms with Gasteiger partial charge >= 0.3 is 0 Å². The zero-order valence-electron chi connectivity index (χ0n) is 12.7. The molecule has 0 aliphatic rings. The van der Waals surface area contributed by atoms with Gasteiger partial charge in [-0.05, 0) is 23.8 Å². The number of nitrogens with zero attached hydrogens (tertiary/aromatic N) is 1. The smallest absolute Gasteiger partial charge is 0.241 e. The van der Waals surface area contributed by atoms with E-state index in [1.54, 1.807) is 12.1 Å². The number of primary sulfonamides is 1. The summed E-state index contributed by atoms with van der Waals surface area (Å²) in [6.07, 6.45) is 1.45. The second kappa shape index (κ2) is 6.43. The number of hydrogen-bond donors (Lipinski definition) is 2. The standard InChI is InChI=1S/C15H17ClFN3O2S/c1-15(2,10-5-3-6-11(16)13(10)17)9-20-14-12(23(18,21)22)7-4-8-19-14/h3-8H,9H2,1-2H3,(H,19,20)(H2,18,21,22). The van der Waals surface area contributed by atoms with Crippen molar-refractivity contribution in [2.45, 2.75) is 24.2 Å². The molecule has 0 atom stereocenters. The number of nitrogens with one attached hydrogen (secondary N) is 1. The summed E-state index contributed by atoms with van der Waals surface area (Å²) in [4.78, 5) is 3.88. The van der Waals surface area contributed by atoms with E-state index in [9.17, 15) is 12.8 Å². The number of benzene rings is 1. The average Bonchev–Trinajstić information content (AvgIpc) is 2.47. The van der Waals surface area contributed by atoms with Gasteiger partial charge in [0.05, 0.1) is 5.02 Å². The molecule has 0 fully saturated rings. The molecule has 0 aliphatic heterocycles. The van der Waals surface area contributed by atoms with Gasteiger partial charge in [-0.1, -0.05) is 37.6 Å². The number of rotatable bonds is 5. The molecular weight excluding hydrogens is 341 g/mol. The summed E-state index contributed by atoms with van der Waals surface area (Å²) >= 11 is 5.82. The second-order valence-corrected chi connectivity index (χ2v) is 7.67. The molecule has 23 heavy (non-hydrogen) atoms. The maximum atomic E-state index is 14.2. The molecule has 2 aromatic rings. The van der Waals surface area contributed by atoms with Crippen molar-refractivity contribution < 1.29 is 12.8 Å². The van der Waals surface area contributed by atoms with Gasteiger partial charge in [-0.3, -0.25) is 0 Å². The maximum absolute atomic E-state index is 14.2. The molecule has 0 radical (unpaired) electrons. The Hall–Kier alpha value is -1.70. The minimum Gasteiger partial charge on any atom is -0.368 e. The summed E-state index contributed by atoms with van der Waals surface area (Å²) in [7, 11) is -3.90. The summed E-state index contributed by atoms with van der Waals surface area (Å²) in [5.74, 6) is -0.362. The highest BCUT2D eigenvalue weighted by molar-refractivity contribution is 7.89. The van der Waals surface area contributed by atoms with Crippen molar-refractivity contribution in [1.29, 1.82) is 0 Å². The van der Waals surface area contributed by atoms with Crippen LogP contribution in [0, 0.1) is 5.82 Å². The zero-order valence-corrected chi connectivity index (χ0v) is 14.2. The molecule has 1 aromatic carbocycles. The fourth-order valence-corrected chi connectivity index (χ4v) is 3.02. The second-order valence-electron chi connectivity index (χ2n) is 5.73. The van der Waals surface area contributed by atoms with E-state index in [2.05, 4.69) is 10.3 Å². The number of hydrogen-bond acceptors (Lipinski definition) is 4. The lowest BCUT2D eigenvalue weighted by molar-refractivity contribution is 0.503. The quantitative estimate of drug-likeness (QED) is 0.861. The Balaban J connectivity index is 2.29. The summed E-state index contributed by atoms with van der Waals surface area (Å²) in [5, 5.41) is 8.13. The van der Waals surface area contributed by atoms with Crippen molar-refractivity contribution in [3.63, 3.8) is 0 Å². The third kappa shape index (κ3) is 3.99. The maximum Gasteiger partial charge on any atom is 0.241 e. The first-order chi connectivity index (χ1) is 10.6. The lowest BCUT2D eigenvalue weighted by Gasteiger charge is -2.27. The van der Waals surface area contributed by atoms with E-state index in [1.807, 2.05) is 13.8 Å². The molecule has 8 heteroatoms. The largest absolute Gasteiger partial charge is 0.368 e. The van der Waals surface area contributed by atoms with Crippen molar-refractivity contribution in [3.05, 3.63) is 52.9 Å². The van der Waals surface area contributed by atoms with Gasteiger partial charge in [0.25, 0.3) is 0 Å². The summed E-state index contributed by atoms with van der Waals surface area (Å²) in [6.45, 7) is 3.87. The van der Waals surface area contributed by atoms with Gasteiger partial charge in [0.15, 0.2) is 0 Å². The number of aromatic nitrogens is 1. The fourth-order valence-electron chi connectivity index (χ4n) is 2.18. The van der Waals surface area contributed by atoms with Crippen LogP contribution in [0.1, 0.15) is 19.4 Å². The van der Waals surface area contributed by atoms with Gasteiger partial charge in [-0.2, -0.15) is 0 Å². The normalized spacial score (nSPS) is 12.2. The van der Waals surface area contributed by atoms with Crippen molar-refractivity contribution in [2.24, 2.45) is 5.14 Å². The van der Waals surface area contributed by atoms with E-state index in [0.717, 1.165) is 0 Å². The Morgan fingerprint density at radius 3 is 2.65 bits per heavy atom. The zero-order chi connectivity index (χ0) is 17.3. The first-order valence-electron chi connectivity index (χ1n) is 6.79. The monoisotopic (exact) mass is 357 g/mol. The highest BCUT2D eigenvalue weighted by atomic mass is 35.5. The van der Waals surface area contributed by atoms with Gasteiger partial charge in [0.2, 0.25) is 10.0 Å². The number of anilines is 1. The summed E-state index contributed by atoms with van der Waals surface area (Å²) < 4.78 is 37.3. The molecule has 0 saturated heterocycles. The SMILES string of the molecule is CC(C)(CNc1ncccc1S(N)(=O)=O)c1cccc(Cl)c1F. The molecule has 1 heterocycles. The summed E-state index contributed by atoms with van der Waals surface area (Å²) in [6, 6.07) is 7.62. The van der Waals surface area contributed by atoms with E-state index in [4.69, 9.17) is 16.7 Å². The number of halogens is 2. The molecular formula is C15H17ClFN3O2S. The average molecular weight is 358 g/mol. The number of pyridine rings is 1. The van der Waals surface area contributed by atoms with Crippen LogP contribution in [0.15, 0.2) is 41.4 Å². The third-order valence-electron chi connectivity index (χ3n) is 3.46. The van der Waals surface area contributed by atoms with Crippen molar-refractivity contribution in [1.82, 2.24) is 4.98 Å². The Labute approximate surface area is 139 Å². The highest BCUT2D eigenvalue weighted by Gasteiger charge is 2.26. The van der Waals surface area contributed by atoms with Crippen LogP contribution in [0.25, 0.3) is 0 Å².